The smallest absolute Gasteiger partial charge is 0.408 e. The van der Waals surface area contributed by atoms with Crippen molar-refractivity contribution in [2.45, 2.75) is 51.7 Å². The summed E-state index contributed by atoms with van der Waals surface area (Å²) < 4.78 is 31.3. The van der Waals surface area contributed by atoms with Crippen molar-refractivity contribution in [2.24, 2.45) is 0 Å². The van der Waals surface area contributed by atoms with Crippen molar-refractivity contribution in [1.29, 1.82) is 5.26 Å². The molecule has 0 aliphatic rings. The first-order valence-electron chi connectivity index (χ1n) is 6.87. The Balaban J connectivity index is 2.67. The van der Waals surface area contributed by atoms with Gasteiger partial charge in [0.2, 0.25) is 0 Å². The molecule has 1 N–H and O–H groups in total. The standard InChI is InChI=1S/C16H20F2N2O2/c1-15(2,3)22-14(21)20-13(10-19)9-11-5-7-12(8-6-11)16(4,17)18/h5-8,13H,9H2,1-4H3,(H,20,21)/t13-/m0/s1. The predicted octanol–water partition coefficient (Wildman–Crippen LogP) is 3.76. The van der Waals surface area contributed by atoms with Crippen LogP contribution in [0.1, 0.15) is 38.8 Å². The normalized spacial score (nSPS) is 13.1. The summed E-state index contributed by atoms with van der Waals surface area (Å²) in [6.45, 7) is 5.98. The quantitative estimate of drug-likeness (QED) is 0.921. The molecule has 0 aliphatic carbocycles. The molecule has 4 nitrogen and oxygen atoms in total. The van der Waals surface area contributed by atoms with E-state index in [0.29, 0.717) is 5.56 Å². The minimum absolute atomic E-state index is 0.0927. The number of hydrogen-bond donors (Lipinski definition) is 1. The molecular formula is C16H20F2N2O2. The molecule has 0 heterocycles. The average Bonchev–Trinajstić information content (AvgIpc) is 2.35. The molecule has 0 fully saturated rings. The Labute approximate surface area is 129 Å². The van der Waals surface area contributed by atoms with Gasteiger partial charge < -0.3 is 10.1 Å². The van der Waals surface area contributed by atoms with Crippen molar-refractivity contribution in [3.8, 4) is 6.07 Å². The van der Waals surface area contributed by atoms with Crippen LogP contribution in [0.4, 0.5) is 13.6 Å². The zero-order valence-corrected chi connectivity index (χ0v) is 13.1. The Hall–Kier alpha value is -2.16. The minimum atomic E-state index is -2.90. The highest BCUT2D eigenvalue weighted by Gasteiger charge is 2.24. The molecule has 0 unspecified atom stereocenters. The zero-order chi connectivity index (χ0) is 17.0. The van der Waals surface area contributed by atoms with Crippen molar-refractivity contribution >= 4 is 6.09 Å². The highest BCUT2D eigenvalue weighted by molar-refractivity contribution is 5.68. The first kappa shape index (κ1) is 17.9. The molecular weight excluding hydrogens is 290 g/mol. The van der Waals surface area contributed by atoms with Crippen LogP contribution in [0.15, 0.2) is 24.3 Å². The van der Waals surface area contributed by atoms with Crippen molar-refractivity contribution in [3.63, 3.8) is 0 Å². The maximum Gasteiger partial charge on any atom is 0.408 e. The molecule has 0 saturated heterocycles. The molecule has 1 atom stereocenters. The van der Waals surface area contributed by atoms with Crippen LogP contribution in [-0.2, 0) is 17.1 Å². The van der Waals surface area contributed by atoms with Gasteiger partial charge in [0.15, 0.2) is 0 Å². The third-order valence-electron chi connectivity index (χ3n) is 2.75. The Bertz CT molecular complexity index is 551. The summed E-state index contributed by atoms with van der Waals surface area (Å²) >= 11 is 0. The summed E-state index contributed by atoms with van der Waals surface area (Å²) in [4.78, 5) is 11.6. The molecule has 0 bridgehead atoms. The molecule has 0 radical (unpaired) electrons. The summed E-state index contributed by atoms with van der Waals surface area (Å²) in [5, 5.41) is 11.5. The van der Waals surface area contributed by atoms with Gasteiger partial charge in [-0.15, -0.1) is 0 Å². The van der Waals surface area contributed by atoms with Crippen LogP contribution < -0.4 is 5.32 Å². The fourth-order valence-corrected chi connectivity index (χ4v) is 1.75. The number of halogens is 2. The van der Waals surface area contributed by atoms with Gasteiger partial charge >= 0.3 is 6.09 Å². The summed E-state index contributed by atoms with van der Waals surface area (Å²) in [5.41, 5.74) is -0.0706. The summed E-state index contributed by atoms with van der Waals surface area (Å²) in [7, 11) is 0. The topological polar surface area (TPSA) is 62.1 Å². The van der Waals surface area contributed by atoms with E-state index in [1.807, 2.05) is 6.07 Å². The SMILES string of the molecule is CC(C)(C)OC(=O)N[C@H](C#N)Cc1ccc(C(C)(F)F)cc1. The van der Waals surface area contributed by atoms with E-state index in [9.17, 15) is 13.6 Å². The van der Waals surface area contributed by atoms with Crippen LogP contribution in [-0.4, -0.2) is 17.7 Å². The summed E-state index contributed by atoms with van der Waals surface area (Å²) in [6, 6.07) is 6.84. The van der Waals surface area contributed by atoms with Gasteiger partial charge in [0.05, 0.1) is 6.07 Å². The maximum absolute atomic E-state index is 13.1. The van der Waals surface area contributed by atoms with Crippen LogP contribution in [0.5, 0.6) is 0 Å². The first-order valence-corrected chi connectivity index (χ1v) is 6.87. The van der Waals surface area contributed by atoms with E-state index in [2.05, 4.69) is 5.32 Å². The van der Waals surface area contributed by atoms with Gasteiger partial charge in [-0.25, -0.2) is 13.6 Å². The van der Waals surface area contributed by atoms with Gasteiger partial charge in [0.25, 0.3) is 5.92 Å². The van der Waals surface area contributed by atoms with Crippen LogP contribution in [0.3, 0.4) is 0 Å². The van der Waals surface area contributed by atoms with Gasteiger partial charge in [-0.2, -0.15) is 5.26 Å². The molecule has 0 aliphatic heterocycles. The Morgan fingerprint density at radius 3 is 2.23 bits per heavy atom. The Morgan fingerprint density at radius 2 is 1.82 bits per heavy atom. The van der Waals surface area contributed by atoms with E-state index in [0.717, 1.165) is 6.92 Å². The lowest BCUT2D eigenvalue weighted by molar-refractivity contribution is 0.0174. The molecule has 1 amide bonds. The fourth-order valence-electron chi connectivity index (χ4n) is 1.75. The molecule has 0 saturated carbocycles. The number of carbonyl (C=O) groups is 1. The van der Waals surface area contributed by atoms with E-state index in [-0.39, 0.29) is 12.0 Å². The largest absolute Gasteiger partial charge is 0.444 e. The third kappa shape index (κ3) is 6.08. The Morgan fingerprint density at radius 1 is 1.27 bits per heavy atom. The molecule has 0 spiro atoms. The lowest BCUT2D eigenvalue weighted by atomic mass is 10.0. The number of carbonyl (C=O) groups excluding carboxylic acids is 1. The van der Waals surface area contributed by atoms with E-state index < -0.39 is 23.7 Å². The zero-order valence-electron chi connectivity index (χ0n) is 13.1. The molecule has 0 aromatic heterocycles. The number of nitriles is 1. The van der Waals surface area contributed by atoms with Crippen LogP contribution in [0.25, 0.3) is 0 Å². The second-order valence-corrected chi connectivity index (χ2v) is 6.12. The second kappa shape index (κ2) is 6.73. The number of rotatable bonds is 4. The maximum atomic E-state index is 13.1. The Kier molecular flexibility index (Phi) is 5.48. The fraction of sp³-hybridized carbons (Fsp3) is 0.500. The van der Waals surface area contributed by atoms with E-state index in [1.54, 1.807) is 20.8 Å². The van der Waals surface area contributed by atoms with Crippen molar-refractivity contribution in [1.82, 2.24) is 5.32 Å². The summed E-state index contributed by atoms with van der Waals surface area (Å²) in [6.07, 6.45) is -0.471. The number of amides is 1. The highest BCUT2D eigenvalue weighted by atomic mass is 19.3. The predicted molar refractivity (Wildman–Crippen MR) is 78.5 cm³/mol. The lowest BCUT2D eigenvalue weighted by Gasteiger charge is -2.21. The number of hydrogen-bond acceptors (Lipinski definition) is 3. The molecule has 1 aromatic rings. The number of alkyl carbamates (subject to hydrolysis) is 1. The first-order chi connectivity index (χ1) is 10.0. The monoisotopic (exact) mass is 310 g/mol. The van der Waals surface area contributed by atoms with Gasteiger partial charge in [0, 0.05) is 18.9 Å². The summed E-state index contributed by atoms with van der Waals surface area (Å²) in [5.74, 6) is -2.90. The van der Waals surface area contributed by atoms with Crippen molar-refractivity contribution in [3.05, 3.63) is 35.4 Å². The minimum Gasteiger partial charge on any atom is -0.444 e. The molecule has 22 heavy (non-hydrogen) atoms. The third-order valence-corrected chi connectivity index (χ3v) is 2.75. The van der Waals surface area contributed by atoms with Crippen LogP contribution in [0.2, 0.25) is 0 Å². The molecule has 1 rings (SSSR count). The van der Waals surface area contributed by atoms with Crippen molar-refractivity contribution in [2.75, 3.05) is 0 Å². The lowest BCUT2D eigenvalue weighted by Crippen LogP contribution is -2.39. The number of nitrogens with zero attached hydrogens (tertiary/aromatic N) is 1. The number of ether oxygens (including phenoxy) is 1. The molecule has 6 heteroatoms. The van der Waals surface area contributed by atoms with E-state index in [4.69, 9.17) is 10.00 Å². The van der Waals surface area contributed by atoms with Gasteiger partial charge in [-0.05, 0) is 26.3 Å². The highest BCUT2D eigenvalue weighted by Crippen LogP contribution is 2.26. The van der Waals surface area contributed by atoms with Gasteiger partial charge in [-0.1, -0.05) is 24.3 Å². The van der Waals surface area contributed by atoms with Crippen LogP contribution in [0, 0.1) is 11.3 Å². The van der Waals surface area contributed by atoms with Crippen LogP contribution >= 0.6 is 0 Å². The number of benzene rings is 1. The molecule has 120 valence electrons. The van der Waals surface area contributed by atoms with E-state index in [1.165, 1.54) is 24.3 Å². The average molecular weight is 310 g/mol. The van der Waals surface area contributed by atoms with Crippen molar-refractivity contribution < 1.29 is 18.3 Å². The number of nitrogens with one attached hydrogen (secondary N) is 1. The second-order valence-electron chi connectivity index (χ2n) is 6.12. The number of alkyl halides is 2. The molecule has 1 aromatic carbocycles. The van der Waals surface area contributed by atoms with E-state index >= 15 is 0 Å². The van der Waals surface area contributed by atoms with Gasteiger partial charge in [0.1, 0.15) is 11.6 Å². The van der Waals surface area contributed by atoms with Gasteiger partial charge in [-0.3, -0.25) is 0 Å².